The minimum atomic E-state index is -3.10. The maximum Gasteiger partial charge on any atom is 0.214 e. The minimum absolute atomic E-state index is 0.279. The summed E-state index contributed by atoms with van der Waals surface area (Å²) in [5, 5.41) is 3.29. The molecule has 2 heterocycles. The van der Waals surface area contributed by atoms with Crippen molar-refractivity contribution in [3.8, 4) is 0 Å². The lowest BCUT2D eigenvalue weighted by molar-refractivity contribution is 0.118. The Balaban J connectivity index is 1.90. The van der Waals surface area contributed by atoms with Crippen molar-refractivity contribution in [3.63, 3.8) is 0 Å². The molecule has 0 spiro atoms. The molecule has 2 aliphatic heterocycles. The van der Waals surface area contributed by atoms with Gasteiger partial charge in [-0.2, -0.15) is 0 Å². The fourth-order valence-corrected chi connectivity index (χ4v) is 5.06. The Morgan fingerprint density at radius 2 is 2.05 bits per heavy atom. The molecule has 2 aliphatic rings. The molecule has 1 N–H and O–H groups in total. The lowest BCUT2D eigenvalue weighted by atomic mass is 10.0. The van der Waals surface area contributed by atoms with Crippen LogP contribution in [0.25, 0.3) is 0 Å². The molecular weight excluding hydrogens is 264 g/mol. The van der Waals surface area contributed by atoms with Crippen molar-refractivity contribution >= 4 is 10.0 Å². The van der Waals surface area contributed by atoms with Gasteiger partial charge in [0.15, 0.2) is 0 Å². The van der Waals surface area contributed by atoms with E-state index in [0.717, 1.165) is 38.8 Å². The summed E-state index contributed by atoms with van der Waals surface area (Å²) in [6.45, 7) is 3.85. The van der Waals surface area contributed by atoms with Gasteiger partial charge in [0.1, 0.15) is 0 Å². The summed E-state index contributed by atoms with van der Waals surface area (Å²) in [4.78, 5) is 0. The highest BCUT2D eigenvalue weighted by Gasteiger charge is 2.31. The van der Waals surface area contributed by atoms with Crippen LogP contribution in [0.1, 0.15) is 25.7 Å². The molecule has 0 aliphatic carbocycles. The van der Waals surface area contributed by atoms with Crippen LogP contribution < -0.4 is 5.32 Å². The fourth-order valence-electron chi connectivity index (χ4n) is 3.12. The lowest BCUT2D eigenvalue weighted by Gasteiger charge is -2.33. The Labute approximate surface area is 116 Å². The van der Waals surface area contributed by atoms with Crippen LogP contribution in [0, 0.1) is 11.8 Å². The summed E-state index contributed by atoms with van der Waals surface area (Å²) < 4.78 is 31.8. The molecule has 0 aromatic rings. The maximum absolute atomic E-state index is 12.5. The summed E-state index contributed by atoms with van der Waals surface area (Å²) in [6, 6.07) is 0. The predicted octanol–water partition coefficient (Wildman–Crippen LogP) is 0.674. The van der Waals surface area contributed by atoms with Gasteiger partial charge in [0.2, 0.25) is 10.0 Å². The van der Waals surface area contributed by atoms with E-state index in [9.17, 15) is 8.42 Å². The topological polar surface area (TPSA) is 58.6 Å². The van der Waals surface area contributed by atoms with Gasteiger partial charge >= 0.3 is 0 Å². The van der Waals surface area contributed by atoms with Gasteiger partial charge in [0, 0.05) is 20.2 Å². The van der Waals surface area contributed by atoms with Gasteiger partial charge in [-0.1, -0.05) is 0 Å². The third kappa shape index (κ3) is 4.41. The Bertz CT molecular complexity index is 364. The number of hydrogen-bond donors (Lipinski definition) is 1. The molecule has 5 nitrogen and oxygen atoms in total. The van der Waals surface area contributed by atoms with E-state index in [0.29, 0.717) is 31.4 Å². The Morgan fingerprint density at radius 3 is 2.74 bits per heavy atom. The lowest BCUT2D eigenvalue weighted by Crippen LogP contribution is -2.44. The van der Waals surface area contributed by atoms with Crippen molar-refractivity contribution in [3.05, 3.63) is 0 Å². The molecular formula is C13H26N2O3S. The summed E-state index contributed by atoms with van der Waals surface area (Å²) in [5.41, 5.74) is 0. The van der Waals surface area contributed by atoms with E-state index in [-0.39, 0.29) is 5.92 Å². The Hall–Kier alpha value is -0.170. The molecule has 0 amide bonds. The van der Waals surface area contributed by atoms with Gasteiger partial charge in [0.25, 0.3) is 0 Å². The van der Waals surface area contributed by atoms with E-state index in [1.165, 1.54) is 0 Å². The van der Waals surface area contributed by atoms with Gasteiger partial charge in [0.05, 0.1) is 12.4 Å². The first-order valence-corrected chi connectivity index (χ1v) is 8.90. The molecule has 19 heavy (non-hydrogen) atoms. The first-order chi connectivity index (χ1) is 9.12. The van der Waals surface area contributed by atoms with Crippen LogP contribution in [0.3, 0.4) is 0 Å². The van der Waals surface area contributed by atoms with E-state index in [1.807, 2.05) is 0 Å². The number of methoxy groups -OCH3 is 1. The van der Waals surface area contributed by atoms with Crippen LogP contribution >= 0.6 is 0 Å². The van der Waals surface area contributed by atoms with E-state index in [4.69, 9.17) is 4.74 Å². The highest BCUT2D eigenvalue weighted by atomic mass is 32.2. The first-order valence-electron chi connectivity index (χ1n) is 7.29. The molecule has 2 unspecified atom stereocenters. The predicted molar refractivity (Wildman–Crippen MR) is 75.6 cm³/mol. The number of nitrogens with zero attached hydrogens (tertiary/aromatic N) is 1. The second kappa shape index (κ2) is 7.02. The normalized spacial score (nSPS) is 30.4. The monoisotopic (exact) mass is 290 g/mol. The van der Waals surface area contributed by atoms with Crippen molar-refractivity contribution < 1.29 is 13.2 Å². The highest BCUT2D eigenvalue weighted by Crippen LogP contribution is 2.22. The minimum Gasteiger partial charge on any atom is -0.384 e. The smallest absolute Gasteiger partial charge is 0.214 e. The van der Waals surface area contributed by atoms with Crippen molar-refractivity contribution in [2.45, 2.75) is 25.7 Å². The Kier molecular flexibility index (Phi) is 5.62. The van der Waals surface area contributed by atoms with Crippen molar-refractivity contribution in [1.29, 1.82) is 0 Å². The number of sulfonamides is 1. The summed E-state index contributed by atoms with van der Waals surface area (Å²) in [6.07, 6.45) is 4.15. The average Bonchev–Trinajstić information content (AvgIpc) is 2.40. The van der Waals surface area contributed by atoms with Crippen LogP contribution in [0.4, 0.5) is 0 Å². The highest BCUT2D eigenvalue weighted by molar-refractivity contribution is 7.89. The van der Waals surface area contributed by atoms with Gasteiger partial charge in [-0.15, -0.1) is 0 Å². The third-order valence-corrected chi connectivity index (χ3v) is 6.13. The van der Waals surface area contributed by atoms with Crippen LogP contribution in [0.2, 0.25) is 0 Å². The SMILES string of the molecule is COCC1CCCN(S(=O)(=O)CC2CCCNC2)C1. The molecule has 0 radical (unpaired) electrons. The molecule has 2 atom stereocenters. The number of piperidine rings is 2. The average molecular weight is 290 g/mol. The zero-order valence-electron chi connectivity index (χ0n) is 11.8. The number of ether oxygens (including phenoxy) is 1. The fraction of sp³-hybridized carbons (Fsp3) is 1.00. The zero-order chi connectivity index (χ0) is 13.7. The number of hydrogen-bond acceptors (Lipinski definition) is 4. The van der Waals surface area contributed by atoms with Crippen LogP contribution in [-0.4, -0.2) is 58.4 Å². The van der Waals surface area contributed by atoms with E-state index in [2.05, 4.69) is 5.32 Å². The van der Waals surface area contributed by atoms with Crippen molar-refractivity contribution in [1.82, 2.24) is 9.62 Å². The van der Waals surface area contributed by atoms with E-state index >= 15 is 0 Å². The largest absolute Gasteiger partial charge is 0.384 e. The quantitative estimate of drug-likeness (QED) is 0.809. The molecule has 0 aromatic heterocycles. The van der Waals surface area contributed by atoms with Crippen LogP contribution in [0.5, 0.6) is 0 Å². The molecule has 0 aromatic carbocycles. The second-order valence-electron chi connectivity index (χ2n) is 5.81. The Morgan fingerprint density at radius 1 is 1.26 bits per heavy atom. The molecule has 112 valence electrons. The molecule has 2 rings (SSSR count). The van der Waals surface area contributed by atoms with E-state index in [1.54, 1.807) is 11.4 Å². The summed E-state index contributed by atoms with van der Waals surface area (Å²) in [7, 11) is -1.41. The molecule has 2 fully saturated rings. The zero-order valence-corrected chi connectivity index (χ0v) is 12.6. The molecule has 2 saturated heterocycles. The van der Waals surface area contributed by atoms with Crippen LogP contribution in [0.15, 0.2) is 0 Å². The third-order valence-electron chi connectivity index (χ3n) is 4.12. The van der Waals surface area contributed by atoms with Gasteiger partial charge in [-0.05, 0) is 50.6 Å². The summed E-state index contributed by atoms with van der Waals surface area (Å²) >= 11 is 0. The number of rotatable bonds is 5. The molecule has 0 bridgehead atoms. The van der Waals surface area contributed by atoms with Gasteiger partial charge in [-0.25, -0.2) is 12.7 Å². The van der Waals surface area contributed by atoms with E-state index < -0.39 is 10.0 Å². The number of nitrogens with one attached hydrogen (secondary N) is 1. The summed E-state index contributed by atoms with van der Waals surface area (Å²) in [5.74, 6) is 0.944. The van der Waals surface area contributed by atoms with Crippen LogP contribution in [-0.2, 0) is 14.8 Å². The second-order valence-corrected chi connectivity index (χ2v) is 7.83. The van der Waals surface area contributed by atoms with Gasteiger partial charge in [-0.3, -0.25) is 0 Å². The van der Waals surface area contributed by atoms with Crippen molar-refractivity contribution in [2.24, 2.45) is 11.8 Å². The maximum atomic E-state index is 12.5. The van der Waals surface area contributed by atoms with Gasteiger partial charge < -0.3 is 10.1 Å². The standard InChI is InChI=1S/C13H26N2O3S/c1-18-10-13-5-3-7-15(9-13)19(16,17)11-12-4-2-6-14-8-12/h12-14H,2-11H2,1H3. The first kappa shape index (κ1) is 15.2. The molecule has 0 saturated carbocycles. The molecule has 6 heteroatoms. The van der Waals surface area contributed by atoms with Crippen molar-refractivity contribution in [2.75, 3.05) is 45.6 Å².